The number of benzene rings is 1. The fourth-order valence-electron chi connectivity index (χ4n) is 1.80. The Balaban J connectivity index is 0.00000361. The molecule has 0 aliphatic carbocycles. The molecule has 0 saturated heterocycles. The Morgan fingerprint density at radius 2 is 1.95 bits per heavy atom. The molecule has 0 aromatic heterocycles. The van der Waals surface area contributed by atoms with Crippen LogP contribution in [0.5, 0.6) is 0 Å². The Kier molecular flexibility index (Phi) is 8.26. The van der Waals surface area contributed by atoms with Crippen LogP contribution in [-0.4, -0.2) is 28.7 Å². The molecule has 1 aromatic rings. The molecule has 0 aliphatic rings. The predicted octanol–water partition coefficient (Wildman–Crippen LogP) is 1.69. The lowest BCUT2D eigenvalue weighted by atomic mass is 10.1. The zero-order valence-corrected chi connectivity index (χ0v) is 11.7. The van der Waals surface area contributed by atoms with Gasteiger partial charge in [0.15, 0.2) is 11.1 Å². The van der Waals surface area contributed by atoms with Gasteiger partial charge in [0, 0.05) is 0 Å². The molecule has 8 heteroatoms. The van der Waals surface area contributed by atoms with Gasteiger partial charge in [-0.2, -0.15) is 0 Å². The highest BCUT2D eigenvalue weighted by atomic mass is 35.5. The van der Waals surface area contributed by atoms with Crippen molar-refractivity contribution in [2.75, 3.05) is 11.6 Å². The molecule has 0 bridgehead atoms. The maximum absolute atomic E-state index is 11.2. The van der Waals surface area contributed by atoms with Crippen LogP contribution in [0.2, 0.25) is 0 Å². The highest BCUT2D eigenvalue weighted by molar-refractivity contribution is 5.85. The Labute approximate surface area is 122 Å². The van der Waals surface area contributed by atoms with E-state index in [0.29, 0.717) is 24.4 Å². The van der Waals surface area contributed by atoms with Crippen LogP contribution in [0.1, 0.15) is 19.3 Å². The summed E-state index contributed by atoms with van der Waals surface area (Å²) in [4.78, 5) is 22.4. The second kappa shape index (κ2) is 9.11. The summed E-state index contributed by atoms with van der Waals surface area (Å²) in [5.41, 5.74) is 5.60. The lowest BCUT2D eigenvalue weighted by Crippen LogP contribution is -2.45. The van der Waals surface area contributed by atoms with Crippen molar-refractivity contribution in [3.8, 4) is 0 Å². The number of unbranched alkanes of at least 4 members (excludes halogenated alkanes) is 1. The summed E-state index contributed by atoms with van der Waals surface area (Å²) in [7, 11) is 0. The van der Waals surface area contributed by atoms with Gasteiger partial charge in [0.25, 0.3) is 0 Å². The monoisotopic (exact) mass is 303 g/mol. The first kappa shape index (κ1) is 18.1. The number of hydrogen-bond acceptors (Lipinski definition) is 4. The molecule has 20 heavy (non-hydrogen) atoms. The molecule has 1 atom stereocenters. The Hall–Kier alpha value is -1.86. The minimum atomic E-state index is -1.21. The van der Waals surface area contributed by atoms with Gasteiger partial charge >= 0.3 is 5.97 Å². The molecule has 1 aromatic carbocycles. The number of nitrogens with two attached hydrogens (primary N) is 1. The lowest BCUT2D eigenvalue weighted by Gasteiger charge is -2.21. The minimum absolute atomic E-state index is 0. The molecule has 0 unspecified atom stereocenters. The lowest BCUT2D eigenvalue weighted by molar-refractivity contribution is -0.498. The summed E-state index contributed by atoms with van der Waals surface area (Å²) < 4.78 is 0. The second-order valence-electron chi connectivity index (χ2n) is 4.06. The first-order valence-electron chi connectivity index (χ1n) is 5.99. The molecule has 0 fully saturated rings. The summed E-state index contributed by atoms with van der Waals surface area (Å²) in [5, 5.41) is 20.3. The fourth-order valence-corrected chi connectivity index (χ4v) is 1.80. The van der Waals surface area contributed by atoms with Crippen LogP contribution in [0, 0.1) is 10.1 Å². The smallest absolute Gasteiger partial charge is 0.332 e. The number of rotatable bonds is 8. The van der Waals surface area contributed by atoms with E-state index in [0.717, 1.165) is 0 Å². The molecule has 0 heterocycles. The van der Waals surface area contributed by atoms with E-state index in [1.165, 1.54) is 12.1 Å². The average Bonchev–Trinajstić information content (AvgIpc) is 2.38. The highest BCUT2D eigenvalue weighted by Crippen LogP contribution is 2.19. The van der Waals surface area contributed by atoms with E-state index in [2.05, 4.69) is 0 Å². The number of aliphatic carboxylic acids is 1. The van der Waals surface area contributed by atoms with Gasteiger partial charge in [-0.25, -0.2) is 14.9 Å². The van der Waals surface area contributed by atoms with Crippen molar-refractivity contribution in [3.05, 3.63) is 40.4 Å². The number of nitrogens with zero attached hydrogens (tertiary/aromatic N) is 2. The second-order valence-corrected chi connectivity index (χ2v) is 4.06. The van der Waals surface area contributed by atoms with Gasteiger partial charge in [-0.3, -0.25) is 0 Å². The van der Waals surface area contributed by atoms with Crippen molar-refractivity contribution in [1.82, 2.24) is 0 Å². The quantitative estimate of drug-likeness (QED) is 0.429. The third-order valence-corrected chi connectivity index (χ3v) is 2.71. The Morgan fingerprint density at radius 3 is 2.40 bits per heavy atom. The van der Waals surface area contributed by atoms with E-state index >= 15 is 0 Å². The predicted molar refractivity (Wildman–Crippen MR) is 77.5 cm³/mol. The van der Waals surface area contributed by atoms with Gasteiger partial charge in [-0.1, -0.05) is 23.2 Å². The Morgan fingerprint density at radius 1 is 1.35 bits per heavy atom. The molecule has 0 amide bonds. The number of halogens is 1. The van der Waals surface area contributed by atoms with Crippen molar-refractivity contribution in [2.45, 2.75) is 25.3 Å². The van der Waals surface area contributed by atoms with E-state index in [1.807, 2.05) is 0 Å². The largest absolute Gasteiger partial charge is 0.480 e. The van der Waals surface area contributed by atoms with Crippen LogP contribution in [0.3, 0.4) is 0 Å². The van der Waals surface area contributed by atoms with Crippen molar-refractivity contribution in [3.63, 3.8) is 0 Å². The number of hydrogen-bond donors (Lipinski definition) is 2. The number of carboxylic acid groups (broad SMARTS) is 1. The van der Waals surface area contributed by atoms with Crippen LogP contribution >= 0.6 is 12.4 Å². The van der Waals surface area contributed by atoms with Gasteiger partial charge < -0.3 is 10.8 Å². The molecule has 0 aliphatic heterocycles. The van der Waals surface area contributed by atoms with Gasteiger partial charge in [-0.15, -0.1) is 12.4 Å². The number of hydrazine groups is 1. The molecular weight excluding hydrogens is 286 g/mol. The van der Waals surface area contributed by atoms with E-state index in [1.54, 1.807) is 18.2 Å². The van der Waals surface area contributed by atoms with E-state index in [9.17, 15) is 20.0 Å². The van der Waals surface area contributed by atoms with Crippen molar-refractivity contribution >= 4 is 24.1 Å². The summed E-state index contributed by atoms with van der Waals surface area (Å²) in [6.45, 7) is 0.441. The maximum atomic E-state index is 11.2. The summed E-state index contributed by atoms with van der Waals surface area (Å²) >= 11 is 0. The normalized spacial score (nSPS) is 11.2. The number of para-hydroxylation sites is 1. The van der Waals surface area contributed by atoms with Gasteiger partial charge in [0.05, 0.1) is 0 Å². The molecular formula is C12H18ClN3O4. The number of nitro groups is 1. The number of carbonyl (C=O) groups is 1. The first-order valence-corrected chi connectivity index (χ1v) is 5.99. The molecule has 0 saturated carbocycles. The topological polar surface area (TPSA) is 110 Å². The SMILES string of the molecule is Cl.NCCCC[C@@H](C(=O)O)N(c1ccccc1)[N+](=O)[O-]. The van der Waals surface area contributed by atoms with Crippen molar-refractivity contribution in [2.24, 2.45) is 5.73 Å². The third-order valence-electron chi connectivity index (χ3n) is 2.71. The summed E-state index contributed by atoms with van der Waals surface area (Å²) in [6, 6.07) is 6.81. The zero-order valence-electron chi connectivity index (χ0n) is 10.8. The zero-order chi connectivity index (χ0) is 14.3. The van der Waals surface area contributed by atoms with Gasteiger partial charge in [-0.05, 0) is 37.9 Å². The summed E-state index contributed by atoms with van der Waals surface area (Å²) in [6.07, 6.45) is 1.36. The molecule has 0 radical (unpaired) electrons. The van der Waals surface area contributed by atoms with Crippen molar-refractivity contribution in [1.29, 1.82) is 0 Å². The van der Waals surface area contributed by atoms with Gasteiger partial charge in [0.1, 0.15) is 5.69 Å². The summed E-state index contributed by atoms with van der Waals surface area (Å²) in [5.74, 6) is -1.21. The molecule has 112 valence electrons. The maximum Gasteiger partial charge on any atom is 0.332 e. The molecule has 7 nitrogen and oxygen atoms in total. The van der Waals surface area contributed by atoms with Crippen LogP contribution in [-0.2, 0) is 4.79 Å². The van der Waals surface area contributed by atoms with E-state index in [-0.39, 0.29) is 24.5 Å². The Bertz CT molecular complexity index is 430. The fraction of sp³-hybridized carbons (Fsp3) is 0.417. The standard InChI is InChI=1S/C12H17N3O4.ClH/c13-9-5-4-8-11(12(16)17)14(15(18)19)10-6-2-1-3-7-10;/h1-3,6-7,11H,4-5,8-9,13H2,(H,16,17);1H/t11-;/m0./s1. The number of carboxylic acids is 1. The van der Waals surface area contributed by atoms with Crippen molar-refractivity contribution < 1.29 is 14.9 Å². The highest BCUT2D eigenvalue weighted by Gasteiger charge is 2.33. The van der Waals surface area contributed by atoms with Crippen LogP contribution in [0.25, 0.3) is 0 Å². The van der Waals surface area contributed by atoms with Crippen LogP contribution in [0.15, 0.2) is 30.3 Å². The molecule has 0 spiro atoms. The molecule has 3 N–H and O–H groups in total. The third kappa shape index (κ3) is 5.02. The first-order chi connectivity index (χ1) is 9.07. The number of anilines is 1. The molecule has 1 rings (SSSR count). The van der Waals surface area contributed by atoms with Crippen LogP contribution < -0.4 is 10.7 Å². The van der Waals surface area contributed by atoms with E-state index in [4.69, 9.17) is 5.73 Å². The van der Waals surface area contributed by atoms with E-state index < -0.39 is 17.0 Å². The average molecular weight is 304 g/mol. The van der Waals surface area contributed by atoms with Gasteiger partial charge in [0.2, 0.25) is 0 Å². The minimum Gasteiger partial charge on any atom is -0.480 e. The van der Waals surface area contributed by atoms with Crippen LogP contribution in [0.4, 0.5) is 5.69 Å².